The highest BCUT2D eigenvalue weighted by atomic mass is 35.5. The first-order chi connectivity index (χ1) is 11.5. The molecule has 0 aliphatic heterocycles. The molecule has 0 aromatic heterocycles. The van der Waals surface area contributed by atoms with Gasteiger partial charge >= 0.3 is 0 Å². The van der Waals surface area contributed by atoms with Crippen LogP contribution in [-0.4, -0.2) is 22.5 Å². The largest absolute Gasteiger partial charge is 0.272 e. The summed E-state index contributed by atoms with van der Waals surface area (Å²) >= 11 is 7.22. The van der Waals surface area contributed by atoms with Crippen LogP contribution in [0, 0.1) is 10.1 Å². The van der Waals surface area contributed by atoms with Crippen molar-refractivity contribution in [2.45, 2.75) is 4.90 Å². The number of hydrazine groups is 1. The van der Waals surface area contributed by atoms with Gasteiger partial charge < -0.3 is 0 Å². The summed E-state index contributed by atoms with van der Waals surface area (Å²) in [5.74, 6) is -0.902. The number of thioether (sulfide) groups is 1. The van der Waals surface area contributed by atoms with E-state index < -0.39 is 16.7 Å². The van der Waals surface area contributed by atoms with E-state index in [-0.39, 0.29) is 17.0 Å². The standard InChI is InChI=1S/C15H12ClN3O4S/c16-12-3-1-2-4-13(12)24-9-14(20)17-18-15(21)10-5-7-11(8-6-10)19(22)23/h1-8H,9H2,(H,17,20)(H,18,21). The van der Waals surface area contributed by atoms with Crippen LogP contribution in [0.1, 0.15) is 10.4 Å². The van der Waals surface area contributed by atoms with Crippen LogP contribution in [0.25, 0.3) is 0 Å². The molecule has 0 heterocycles. The zero-order valence-corrected chi connectivity index (χ0v) is 13.8. The Balaban J connectivity index is 1.81. The van der Waals surface area contributed by atoms with E-state index in [1.165, 1.54) is 36.0 Å². The van der Waals surface area contributed by atoms with Crippen molar-refractivity contribution >= 4 is 40.9 Å². The van der Waals surface area contributed by atoms with Crippen LogP contribution in [0.4, 0.5) is 5.69 Å². The van der Waals surface area contributed by atoms with Gasteiger partial charge in [0.25, 0.3) is 11.6 Å². The molecule has 2 aromatic rings. The lowest BCUT2D eigenvalue weighted by Crippen LogP contribution is -2.42. The number of non-ortho nitro benzene ring substituents is 1. The minimum atomic E-state index is -0.569. The molecule has 2 aromatic carbocycles. The molecular weight excluding hydrogens is 354 g/mol. The molecular formula is C15H12ClN3O4S. The third-order valence-electron chi connectivity index (χ3n) is 2.85. The molecule has 0 bridgehead atoms. The zero-order valence-electron chi connectivity index (χ0n) is 12.2. The number of halogens is 1. The van der Waals surface area contributed by atoms with Crippen molar-refractivity contribution in [1.29, 1.82) is 0 Å². The van der Waals surface area contributed by atoms with Gasteiger partial charge in [-0.3, -0.25) is 30.6 Å². The van der Waals surface area contributed by atoms with Gasteiger partial charge in [0.15, 0.2) is 0 Å². The second-order valence-corrected chi connectivity index (χ2v) is 5.95. The smallest absolute Gasteiger partial charge is 0.269 e. The summed E-state index contributed by atoms with van der Waals surface area (Å²) in [6.07, 6.45) is 0. The first-order valence-electron chi connectivity index (χ1n) is 6.68. The van der Waals surface area contributed by atoms with Crippen molar-refractivity contribution in [2.75, 3.05) is 5.75 Å². The molecule has 0 fully saturated rings. The van der Waals surface area contributed by atoms with Crippen molar-refractivity contribution in [2.24, 2.45) is 0 Å². The SMILES string of the molecule is O=C(CSc1ccccc1Cl)NNC(=O)c1ccc([N+](=O)[O-])cc1. The molecule has 0 radical (unpaired) electrons. The second-order valence-electron chi connectivity index (χ2n) is 4.53. The molecule has 0 spiro atoms. The van der Waals surface area contributed by atoms with Gasteiger partial charge in [-0.25, -0.2) is 0 Å². The van der Waals surface area contributed by atoms with Gasteiger partial charge in [0.1, 0.15) is 0 Å². The molecule has 9 heteroatoms. The average molecular weight is 366 g/mol. The molecule has 7 nitrogen and oxygen atoms in total. The predicted octanol–water partition coefficient (Wildman–Crippen LogP) is 2.80. The number of amides is 2. The number of nitrogens with one attached hydrogen (secondary N) is 2. The zero-order chi connectivity index (χ0) is 17.5. The van der Waals surface area contributed by atoms with Gasteiger partial charge in [-0.05, 0) is 24.3 Å². The first kappa shape index (κ1) is 17.8. The first-order valence-corrected chi connectivity index (χ1v) is 8.04. The van der Waals surface area contributed by atoms with E-state index in [0.29, 0.717) is 5.02 Å². The van der Waals surface area contributed by atoms with Crippen LogP contribution in [0.15, 0.2) is 53.4 Å². The van der Waals surface area contributed by atoms with Crippen LogP contribution in [0.2, 0.25) is 5.02 Å². The third-order valence-corrected chi connectivity index (χ3v) is 4.37. The average Bonchev–Trinajstić information content (AvgIpc) is 2.59. The Morgan fingerprint density at radius 1 is 1.08 bits per heavy atom. The summed E-state index contributed by atoms with van der Waals surface area (Å²) in [6.45, 7) is 0. The molecule has 24 heavy (non-hydrogen) atoms. The lowest BCUT2D eigenvalue weighted by molar-refractivity contribution is -0.384. The number of benzene rings is 2. The normalized spacial score (nSPS) is 10.0. The molecule has 2 rings (SSSR count). The fourth-order valence-electron chi connectivity index (χ4n) is 1.67. The summed E-state index contributed by atoms with van der Waals surface area (Å²) in [4.78, 5) is 34.3. The van der Waals surface area contributed by atoms with Gasteiger partial charge in [0.05, 0.1) is 15.7 Å². The molecule has 0 atom stereocenters. The minimum absolute atomic E-state index is 0.0737. The maximum Gasteiger partial charge on any atom is 0.269 e. The van der Waals surface area contributed by atoms with Gasteiger partial charge in [0.2, 0.25) is 5.91 Å². The predicted molar refractivity (Wildman–Crippen MR) is 90.9 cm³/mol. The quantitative estimate of drug-likeness (QED) is 0.482. The molecule has 0 saturated carbocycles. The van der Waals surface area contributed by atoms with Crippen molar-refractivity contribution in [3.05, 3.63) is 69.2 Å². The van der Waals surface area contributed by atoms with E-state index in [1.54, 1.807) is 18.2 Å². The number of nitro groups is 1. The van der Waals surface area contributed by atoms with Gasteiger partial charge in [-0.1, -0.05) is 23.7 Å². The number of carbonyl (C=O) groups excluding carboxylic acids is 2. The topological polar surface area (TPSA) is 101 Å². The van der Waals surface area contributed by atoms with E-state index in [4.69, 9.17) is 11.6 Å². The van der Waals surface area contributed by atoms with Crippen molar-refractivity contribution in [3.63, 3.8) is 0 Å². The van der Waals surface area contributed by atoms with E-state index in [0.717, 1.165) is 4.90 Å². The molecule has 0 unspecified atom stereocenters. The lowest BCUT2D eigenvalue weighted by atomic mass is 10.2. The van der Waals surface area contributed by atoms with Crippen molar-refractivity contribution in [3.8, 4) is 0 Å². The Labute approximate surface area is 146 Å². The van der Waals surface area contributed by atoms with Crippen molar-refractivity contribution < 1.29 is 14.5 Å². The third kappa shape index (κ3) is 4.97. The minimum Gasteiger partial charge on any atom is -0.272 e. The number of hydrogen-bond acceptors (Lipinski definition) is 5. The lowest BCUT2D eigenvalue weighted by Gasteiger charge is -2.08. The molecule has 0 saturated heterocycles. The highest BCUT2D eigenvalue weighted by Gasteiger charge is 2.11. The molecule has 2 N–H and O–H groups in total. The Hall–Kier alpha value is -2.58. The molecule has 0 aliphatic rings. The fraction of sp³-hybridized carbons (Fsp3) is 0.0667. The highest BCUT2D eigenvalue weighted by Crippen LogP contribution is 2.26. The van der Waals surface area contributed by atoms with Gasteiger partial charge in [-0.15, -0.1) is 11.8 Å². The molecule has 0 aliphatic carbocycles. The van der Waals surface area contributed by atoms with Gasteiger partial charge in [0, 0.05) is 22.6 Å². The maximum atomic E-state index is 11.8. The fourth-order valence-corrected chi connectivity index (χ4v) is 2.71. The number of nitro benzene ring substituents is 1. The Bertz CT molecular complexity index is 768. The Kier molecular flexibility index (Phi) is 6.16. The molecule has 124 valence electrons. The summed E-state index contributed by atoms with van der Waals surface area (Å²) < 4.78 is 0. The van der Waals surface area contributed by atoms with E-state index in [9.17, 15) is 19.7 Å². The van der Waals surface area contributed by atoms with E-state index >= 15 is 0 Å². The van der Waals surface area contributed by atoms with Crippen molar-refractivity contribution in [1.82, 2.24) is 10.9 Å². The number of carbonyl (C=O) groups is 2. The van der Waals surface area contributed by atoms with E-state index in [1.807, 2.05) is 6.07 Å². The summed E-state index contributed by atoms with van der Waals surface area (Å²) in [5.41, 5.74) is 4.59. The van der Waals surface area contributed by atoms with Crippen LogP contribution in [0.3, 0.4) is 0 Å². The molecule has 2 amide bonds. The van der Waals surface area contributed by atoms with Crippen LogP contribution in [-0.2, 0) is 4.79 Å². The van der Waals surface area contributed by atoms with Crippen LogP contribution < -0.4 is 10.9 Å². The number of hydrogen-bond donors (Lipinski definition) is 2. The second kappa shape index (κ2) is 8.32. The monoisotopic (exact) mass is 365 g/mol. The summed E-state index contributed by atoms with van der Waals surface area (Å²) in [6, 6.07) is 12.1. The Morgan fingerprint density at radius 3 is 2.38 bits per heavy atom. The van der Waals surface area contributed by atoms with Crippen LogP contribution >= 0.6 is 23.4 Å². The summed E-state index contributed by atoms with van der Waals surface area (Å²) in [5, 5.41) is 11.1. The Morgan fingerprint density at radius 2 is 1.75 bits per heavy atom. The maximum absolute atomic E-state index is 11.8. The number of nitrogens with zero attached hydrogens (tertiary/aromatic N) is 1. The summed E-state index contributed by atoms with van der Waals surface area (Å²) in [7, 11) is 0. The van der Waals surface area contributed by atoms with E-state index in [2.05, 4.69) is 10.9 Å². The van der Waals surface area contributed by atoms with Crippen LogP contribution in [0.5, 0.6) is 0 Å². The number of rotatable bonds is 5. The highest BCUT2D eigenvalue weighted by molar-refractivity contribution is 8.00. The van der Waals surface area contributed by atoms with Gasteiger partial charge in [-0.2, -0.15) is 0 Å².